The van der Waals surface area contributed by atoms with Gasteiger partial charge in [0.15, 0.2) is 5.78 Å². The molecule has 4 rings (SSSR count). The monoisotopic (exact) mass is 605 g/mol. The Kier molecular flexibility index (Phi) is 7.73. The van der Waals surface area contributed by atoms with Crippen molar-refractivity contribution in [1.29, 1.82) is 0 Å². The van der Waals surface area contributed by atoms with Gasteiger partial charge in [0.25, 0.3) is 0 Å². The smallest absolute Gasteiger partial charge is 0.240 e. The number of aromatic amines is 1. The highest BCUT2D eigenvalue weighted by atomic mass is 79.9. The number of benzene rings is 3. The normalized spacial score (nSPS) is 13.4. The van der Waals surface area contributed by atoms with Crippen LogP contribution in [0.4, 0.5) is 0 Å². The minimum absolute atomic E-state index is 0.0163. The van der Waals surface area contributed by atoms with Gasteiger partial charge in [-0.05, 0) is 67.4 Å². The van der Waals surface area contributed by atoms with Crippen molar-refractivity contribution >= 4 is 54.9 Å². The Morgan fingerprint density at radius 3 is 2.44 bits per heavy atom. The van der Waals surface area contributed by atoms with Gasteiger partial charge in [0.1, 0.15) is 0 Å². The predicted octanol–water partition coefficient (Wildman–Crippen LogP) is 6.51. The van der Waals surface area contributed by atoms with Crippen LogP contribution in [0.1, 0.15) is 46.7 Å². The number of nitrogens with zero attached hydrogens (tertiary/aromatic N) is 1. The topological polar surface area (TPSA) is 91.9 Å². The van der Waals surface area contributed by atoms with Gasteiger partial charge >= 0.3 is 0 Å². The van der Waals surface area contributed by atoms with E-state index in [-0.39, 0.29) is 17.2 Å². The third kappa shape index (κ3) is 5.43. The van der Waals surface area contributed by atoms with Crippen molar-refractivity contribution < 1.29 is 13.2 Å². The largest absolute Gasteiger partial charge is 0.295 e. The highest BCUT2D eigenvalue weighted by molar-refractivity contribution is 9.10. The molecule has 1 atom stereocenters. The van der Waals surface area contributed by atoms with E-state index < -0.39 is 15.4 Å². The maximum absolute atomic E-state index is 12.8. The fourth-order valence-electron chi connectivity index (χ4n) is 3.97. The Morgan fingerprint density at radius 1 is 1.06 bits per heavy atom. The number of hydrogen-bond donors (Lipinski definition) is 2. The highest BCUT2D eigenvalue weighted by Crippen LogP contribution is 2.42. The Hall–Kier alpha value is -2.49. The van der Waals surface area contributed by atoms with Crippen molar-refractivity contribution in [2.75, 3.05) is 0 Å². The summed E-state index contributed by atoms with van der Waals surface area (Å²) >= 11 is 16.3. The number of ketones is 1. The average Bonchev–Trinajstić information content (AvgIpc) is 3.33. The second-order valence-corrected chi connectivity index (χ2v) is 12.0. The maximum Gasteiger partial charge on any atom is 0.240 e. The lowest BCUT2D eigenvalue weighted by Gasteiger charge is -2.30. The van der Waals surface area contributed by atoms with E-state index in [0.717, 1.165) is 15.6 Å². The molecule has 4 aromatic rings. The molecule has 0 radical (unpaired) electrons. The first-order chi connectivity index (χ1) is 17.0. The van der Waals surface area contributed by atoms with Crippen LogP contribution >= 0.6 is 39.1 Å². The van der Waals surface area contributed by atoms with Crippen LogP contribution in [-0.4, -0.2) is 24.4 Å². The molecule has 0 saturated heterocycles. The van der Waals surface area contributed by atoms with E-state index in [1.54, 1.807) is 24.3 Å². The second kappa shape index (κ2) is 10.5. The first-order valence-corrected chi connectivity index (χ1v) is 13.9. The molecule has 2 N–H and O–H groups in total. The van der Waals surface area contributed by atoms with Crippen molar-refractivity contribution in [3.05, 3.63) is 115 Å². The van der Waals surface area contributed by atoms with Crippen LogP contribution in [0.5, 0.6) is 0 Å². The van der Waals surface area contributed by atoms with Crippen LogP contribution in [0, 0.1) is 0 Å². The Morgan fingerprint density at radius 2 is 1.78 bits per heavy atom. The molecule has 1 unspecified atom stereocenters. The zero-order chi connectivity index (χ0) is 26.1. The van der Waals surface area contributed by atoms with Gasteiger partial charge in [0.2, 0.25) is 10.0 Å². The summed E-state index contributed by atoms with van der Waals surface area (Å²) in [5.41, 5.74) is 2.52. The minimum Gasteiger partial charge on any atom is -0.295 e. The summed E-state index contributed by atoms with van der Waals surface area (Å²) in [6.07, 6.45) is 0. The zero-order valence-corrected chi connectivity index (χ0v) is 23.3. The number of sulfonamides is 1. The van der Waals surface area contributed by atoms with Crippen molar-refractivity contribution in [2.45, 2.75) is 30.7 Å². The molecule has 0 aliphatic rings. The molecule has 36 heavy (non-hydrogen) atoms. The van der Waals surface area contributed by atoms with Crippen LogP contribution < -0.4 is 4.72 Å². The number of nitrogens with one attached hydrogen (secondary N) is 2. The lowest BCUT2D eigenvalue weighted by atomic mass is 9.73. The molecule has 10 heteroatoms. The summed E-state index contributed by atoms with van der Waals surface area (Å²) < 4.78 is 29.2. The van der Waals surface area contributed by atoms with Crippen molar-refractivity contribution in [3.63, 3.8) is 0 Å². The number of rotatable bonds is 8. The molecule has 3 aromatic carbocycles. The number of carbonyl (C=O) groups is 1. The molecular weight excluding hydrogens is 585 g/mol. The Bertz CT molecular complexity index is 1540. The summed E-state index contributed by atoms with van der Waals surface area (Å²) in [6, 6.07) is 20.9. The number of halogens is 3. The van der Waals surface area contributed by atoms with Crippen molar-refractivity contribution in [1.82, 2.24) is 14.9 Å². The van der Waals surface area contributed by atoms with Crippen molar-refractivity contribution in [2.24, 2.45) is 0 Å². The number of carbonyl (C=O) groups excluding carboxylic acids is 1. The maximum atomic E-state index is 12.8. The first-order valence-electron chi connectivity index (χ1n) is 10.9. The lowest BCUT2D eigenvalue weighted by molar-refractivity contribution is 0.101. The number of aromatic nitrogens is 2. The van der Waals surface area contributed by atoms with Crippen LogP contribution in [0.3, 0.4) is 0 Å². The number of Topliss-reactive ketones (excluding diaryl/α,β-unsaturated/α-hetero) is 1. The van der Waals surface area contributed by atoms with Gasteiger partial charge in [0.05, 0.1) is 28.2 Å². The van der Waals surface area contributed by atoms with Gasteiger partial charge in [-0.25, -0.2) is 13.1 Å². The Balaban J connectivity index is 1.67. The molecule has 0 amide bonds. The summed E-state index contributed by atoms with van der Waals surface area (Å²) in [5, 5.41) is 8.48. The molecule has 0 spiro atoms. The van der Waals surface area contributed by atoms with Gasteiger partial charge in [-0.1, -0.05) is 69.5 Å². The van der Waals surface area contributed by atoms with E-state index in [0.29, 0.717) is 27.0 Å². The third-order valence-corrected chi connectivity index (χ3v) is 8.51. The molecule has 0 aliphatic heterocycles. The summed E-state index contributed by atoms with van der Waals surface area (Å²) in [7, 11) is -3.85. The Labute approximate surface area is 228 Å². The number of H-pyrrole nitrogens is 1. The minimum atomic E-state index is -3.85. The second-order valence-electron chi connectivity index (χ2n) is 8.44. The lowest BCUT2D eigenvalue weighted by Crippen LogP contribution is -2.26. The fraction of sp³-hybridized carbons (Fsp3) is 0.154. The van der Waals surface area contributed by atoms with Crippen LogP contribution in [0.2, 0.25) is 10.0 Å². The summed E-state index contributed by atoms with van der Waals surface area (Å²) in [4.78, 5) is 11.7. The fourth-order valence-corrected chi connectivity index (χ4v) is 5.88. The quantitative estimate of drug-likeness (QED) is 0.224. The molecule has 0 bridgehead atoms. The van der Waals surface area contributed by atoms with E-state index in [2.05, 4.69) is 30.8 Å². The van der Waals surface area contributed by atoms with Crippen LogP contribution in [-0.2, 0) is 22.0 Å². The van der Waals surface area contributed by atoms with E-state index in [1.165, 1.54) is 19.1 Å². The molecule has 0 fully saturated rings. The predicted molar refractivity (Wildman–Crippen MR) is 145 cm³/mol. The molecule has 1 heterocycles. The molecule has 0 saturated carbocycles. The molecule has 0 aliphatic carbocycles. The van der Waals surface area contributed by atoms with Gasteiger partial charge in [-0.3, -0.25) is 9.89 Å². The molecule has 6 nitrogen and oxygen atoms in total. The molecule has 186 valence electrons. The van der Waals surface area contributed by atoms with Gasteiger partial charge < -0.3 is 0 Å². The third-order valence-electron chi connectivity index (χ3n) is 6.04. The summed E-state index contributed by atoms with van der Waals surface area (Å²) in [6.45, 7) is 3.37. The van der Waals surface area contributed by atoms with E-state index >= 15 is 0 Å². The standard InChI is InChI=1S/C26H22BrCl2N3O3S/c1-16(33)17-4-3-5-22(12-17)36(34,35)30-15-21-14-25(32-31-21)26(2,18-6-8-19(27)9-7-18)23-11-10-20(28)13-24(23)29/h3-14,30H,15H2,1-2H3,(H,31,32). The van der Waals surface area contributed by atoms with Gasteiger partial charge in [-0.2, -0.15) is 5.10 Å². The highest BCUT2D eigenvalue weighted by Gasteiger charge is 2.35. The van der Waals surface area contributed by atoms with Gasteiger partial charge in [0, 0.05) is 20.1 Å². The van der Waals surface area contributed by atoms with E-state index in [4.69, 9.17) is 23.2 Å². The van der Waals surface area contributed by atoms with Crippen LogP contribution in [0.15, 0.2) is 82.2 Å². The van der Waals surface area contributed by atoms with E-state index in [9.17, 15) is 13.2 Å². The summed E-state index contributed by atoms with van der Waals surface area (Å²) in [5.74, 6) is -0.210. The number of hydrogen-bond acceptors (Lipinski definition) is 4. The molecular formula is C26H22BrCl2N3O3S. The average molecular weight is 607 g/mol. The van der Waals surface area contributed by atoms with Crippen molar-refractivity contribution in [3.8, 4) is 0 Å². The SMILES string of the molecule is CC(=O)c1cccc(S(=O)(=O)NCc2cc(C(C)(c3ccc(Br)cc3)c3ccc(Cl)cc3Cl)n[nH]2)c1. The zero-order valence-electron chi connectivity index (χ0n) is 19.3. The van der Waals surface area contributed by atoms with Crippen LogP contribution in [0.25, 0.3) is 0 Å². The molecule has 1 aromatic heterocycles. The van der Waals surface area contributed by atoms with Gasteiger partial charge in [-0.15, -0.1) is 0 Å². The first kappa shape index (κ1) is 26.6. The van der Waals surface area contributed by atoms with E-state index in [1.807, 2.05) is 43.3 Å².